The van der Waals surface area contributed by atoms with Crippen molar-refractivity contribution in [3.63, 3.8) is 0 Å². The molecule has 0 unspecified atom stereocenters. The van der Waals surface area contributed by atoms with E-state index >= 15 is 0 Å². The average molecular weight is 224 g/mol. The van der Waals surface area contributed by atoms with Gasteiger partial charge in [0.2, 0.25) is 0 Å². The molecule has 0 heterocycles. The van der Waals surface area contributed by atoms with Gasteiger partial charge in [-0.25, -0.2) is 8.78 Å². The number of halogens is 3. The molecule has 0 spiro atoms. The van der Waals surface area contributed by atoms with Crippen molar-refractivity contribution in [2.45, 2.75) is 13.0 Å². The lowest BCUT2D eigenvalue weighted by Gasteiger charge is -2.11. The highest BCUT2D eigenvalue weighted by atomic mass is 35.5. The maximum Gasteiger partial charge on any atom is 0.124 e. The Kier molecular flexibility index (Phi) is 4.80. The minimum atomic E-state index is -0.964. The maximum absolute atomic E-state index is 12.8. The van der Waals surface area contributed by atoms with Gasteiger partial charge in [-0.2, -0.15) is 0 Å². The number of phenolic OH excluding ortho intramolecular Hbond substituents is 1. The molecule has 2 nitrogen and oxygen atoms in total. The van der Waals surface area contributed by atoms with Crippen LogP contribution in [0.2, 0.25) is 0 Å². The van der Waals surface area contributed by atoms with E-state index in [0.29, 0.717) is 5.56 Å². The summed E-state index contributed by atoms with van der Waals surface area (Å²) in [5.41, 5.74) is 5.80. The first-order valence-corrected chi connectivity index (χ1v) is 3.86. The van der Waals surface area contributed by atoms with Crippen LogP contribution in [-0.2, 0) is 0 Å². The lowest BCUT2D eigenvalue weighted by molar-refractivity contribution is 0.410. The van der Waals surface area contributed by atoms with Crippen molar-refractivity contribution in [1.82, 2.24) is 0 Å². The van der Waals surface area contributed by atoms with Gasteiger partial charge in [0.25, 0.3) is 0 Å². The smallest absolute Gasteiger partial charge is 0.124 e. The van der Waals surface area contributed by atoms with Crippen LogP contribution < -0.4 is 5.73 Å². The zero-order valence-electron chi connectivity index (χ0n) is 7.63. The molecule has 0 amide bonds. The fourth-order valence-electron chi connectivity index (χ4n) is 1.13. The van der Waals surface area contributed by atoms with E-state index in [-0.39, 0.29) is 23.7 Å². The molecule has 14 heavy (non-hydrogen) atoms. The molecular formula is C9H12ClF2NO. The van der Waals surface area contributed by atoms with Gasteiger partial charge in [0.05, 0.1) is 6.04 Å². The summed E-state index contributed by atoms with van der Waals surface area (Å²) in [7, 11) is 0. The first kappa shape index (κ1) is 13.1. The van der Waals surface area contributed by atoms with E-state index in [9.17, 15) is 13.9 Å². The van der Waals surface area contributed by atoms with Gasteiger partial charge in [0.1, 0.15) is 18.2 Å². The predicted octanol–water partition coefficient (Wildman–Crippen LogP) is 2.23. The topological polar surface area (TPSA) is 46.2 Å². The number of aromatic hydroxyl groups is 1. The molecule has 0 aliphatic rings. The average Bonchev–Trinajstić information content (AvgIpc) is 2.10. The molecule has 0 radical (unpaired) electrons. The SMILES string of the molecule is Cc1cc(F)cc([C@@H](N)CF)c1O.Cl. The van der Waals surface area contributed by atoms with Gasteiger partial charge in [-0.1, -0.05) is 0 Å². The molecule has 5 heteroatoms. The molecule has 1 aromatic rings. The number of nitrogens with two attached hydrogens (primary N) is 1. The monoisotopic (exact) mass is 223 g/mol. The summed E-state index contributed by atoms with van der Waals surface area (Å²) in [6, 6.07) is 1.26. The van der Waals surface area contributed by atoms with Gasteiger partial charge >= 0.3 is 0 Å². The highest BCUT2D eigenvalue weighted by Gasteiger charge is 2.13. The second-order valence-electron chi connectivity index (χ2n) is 2.92. The summed E-state index contributed by atoms with van der Waals surface area (Å²) in [6.45, 7) is 0.712. The Morgan fingerprint density at radius 1 is 1.50 bits per heavy atom. The highest BCUT2D eigenvalue weighted by molar-refractivity contribution is 5.85. The first-order chi connectivity index (χ1) is 6.06. The second-order valence-corrected chi connectivity index (χ2v) is 2.92. The van der Waals surface area contributed by atoms with Crippen LogP contribution in [0.5, 0.6) is 5.75 Å². The third-order valence-electron chi connectivity index (χ3n) is 1.86. The van der Waals surface area contributed by atoms with Gasteiger partial charge in [0.15, 0.2) is 0 Å². The van der Waals surface area contributed by atoms with Crippen molar-refractivity contribution in [3.8, 4) is 5.75 Å². The zero-order valence-corrected chi connectivity index (χ0v) is 8.44. The lowest BCUT2D eigenvalue weighted by atomic mass is 10.0. The molecule has 0 aliphatic carbocycles. The summed E-state index contributed by atoms with van der Waals surface area (Å²) >= 11 is 0. The number of alkyl halides is 1. The van der Waals surface area contributed by atoms with E-state index in [2.05, 4.69) is 0 Å². The van der Waals surface area contributed by atoms with Gasteiger partial charge in [-0.05, 0) is 24.6 Å². The summed E-state index contributed by atoms with van der Waals surface area (Å²) < 4.78 is 25.0. The number of phenols is 1. The molecule has 1 atom stereocenters. The van der Waals surface area contributed by atoms with Crippen molar-refractivity contribution in [2.24, 2.45) is 5.73 Å². The number of benzene rings is 1. The fraction of sp³-hybridized carbons (Fsp3) is 0.333. The van der Waals surface area contributed by atoms with Gasteiger partial charge in [-0.3, -0.25) is 0 Å². The molecule has 1 rings (SSSR count). The molecule has 0 bridgehead atoms. The van der Waals surface area contributed by atoms with Crippen LogP contribution in [0, 0.1) is 12.7 Å². The Morgan fingerprint density at radius 3 is 2.57 bits per heavy atom. The Balaban J connectivity index is 0.00000169. The summed E-state index contributed by atoms with van der Waals surface area (Å²) in [4.78, 5) is 0. The summed E-state index contributed by atoms with van der Waals surface area (Å²) in [6.07, 6.45) is 0. The van der Waals surface area contributed by atoms with E-state index < -0.39 is 18.5 Å². The molecule has 80 valence electrons. The van der Waals surface area contributed by atoms with Gasteiger partial charge < -0.3 is 10.8 Å². The molecule has 3 N–H and O–H groups in total. The number of rotatable bonds is 2. The van der Waals surface area contributed by atoms with E-state index in [1.54, 1.807) is 0 Å². The molecule has 0 saturated carbocycles. The van der Waals surface area contributed by atoms with Crippen LogP contribution in [0.3, 0.4) is 0 Å². The van der Waals surface area contributed by atoms with Crippen LogP contribution in [0.15, 0.2) is 12.1 Å². The molecular weight excluding hydrogens is 212 g/mol. The Bertz CT molecular complexity index is 320. The molecule has 0 aliphatic heterocycles. The highest BCUT2D eigenvalue weighted by Crippen LogP contribution is 2.27. The predicted molar refractivity (Wildman–Crippen MR) is 53.0 cm³/mol. The van der Waals surface area contributed by atoms with Gasteiger partial charge in [-0.15, -0.1) is 12.4 Å². The molecule has 0 aromatic heterocycles. The van der Waals surface area contributed by atoms with Crippen molar-refractivity contribution in [3.05, 3.63) is 29.1 Å². The van der Waals surface area contributed by atoms with Crippen molar-refractivity contribution < 1.29 is 13.9 Å². The van der Waals surface area contributed by atoms with Crippen LogP contribution in [0.1, 0.15) is 17.2 Å². The van der Waals surface area contributed by atoms with E-state index in [4.69, 9.17) is 5.73 Å². The van der Waals surface area contributed by atoms with Crippen LogP contribution >= 0.6 is 12.4 Å². The Hall–Kier alpha value is -0.870. The zero-order chi connectivity index (χ0) is 10.0. The number of hydrogen-bond donors (Lipinski definition) is 2. The minimum absolute atomic E-state index is 0. The number of aryl methyl sites for hydroxylation is 1. The third kappa shape index (κ3) is 2.56. The molecule has 1 aromatic carbocycles. The van der Waals surface area contributed by atoms with Crippen LogP contribution in [0.4, 0.5) is 8.78 Å². The van der Waals surface area contributed by atoms with Crippen molar-refractivity contribution in [1.29, 1.82) is 0 Å². The normalized spacial score (nSPS) is 12.0. The minimum Gasteiger partial charge on any atom is -0.507 e. The quantitative estimate of drug-likeness (QED) is 0.808. The second kappa shape index (κ2) is 5.12. The van der Waals surface area contributed by atoms with E-state index in [1.165, 1.54) is 13.0 Å². The van der Waals surface area contributed by atoms with E-state index in [0.717, 1.165) is 6.07 Å². The molecule has 0 fully saturated rings. The van der Waals surface area contributed by atoms with Crippen LogP contribution in [0.25, 0.3) is 0 Å². The maximum atomic E-state index is 12.8. The van der Waals surface area contributed by atoms with E-state index in [1.807, 2.05) is 0 Å². The summed E-state index contributed by atoms with van der Waals surface area (Å²) in [5, 5.41) is 9.41. The van der Waals surface area contributed by atoms with Gasteiger partial charge in [0, 0.05) is 5.56 Å². The first-order valence-electron chi connectivity index (χ1n) is 3.86. The number of hydrogen-bond acceptors (Lipinski definition) is 2. The van der Waals surface area contributed by atoms with Crippen LogP contribution in [-0.4, -0.2) is 11.8 Å². The Morgan fingerprint density at radius 2 is 2.07 bits per heavy atom. The lowest BCUT2D eigenvalue weighted by Crippen LogP contribution is -2.13. The standard InChI is InChI=1S/C9H11F2NO.ClH/c1-5-2-6(11)3-7(9(5)13)8(12)4-10;/h2-3,8,13H,4,12H2,1H3;1H/t8-;/m0./s1. The summed E-state index contributed by atoms with van der Waals surface area (Å²) in [5.74, 6) is -0.652. The van der Waals surface area contributed by atoms with Crippen molar-refractivity contribution in [2.75, 3.05) is 6.67 Å². The molecule has 0 saturated heterocycles. The Labute approximate surface area is 87.1 Å². The largest absolute Gasteiger partial charge is 0.507 e. The fourth-order valence-corrected chi connectivity index (χ4v) is 1.13. The third-order valence-corrected chi connectivity index (χ3v) is 1.86. The van der Waals surface area contributed by atoms with Crippen molar-refractivity contribution >= 4 is 12.4 Å².